The Labute approximate surface area is 215 Å². The molecule has 0 radical (unpaired) electrons. The number of hydrogen-bond acceptors (Lipinski definition) is 6. The van der Waals surface area contributed by atoms with Gasteiger partial charge in [-0.25, -0.2) is 9.78 Å². The lowest BCUT2D eigenvalue weighted by Crippen LogP contribution is -2.25. The van der Waals surface area contributed by atoms with Crippen LogP contribution in [0.5, 0.6) is 5.75 Å². The fourth-order valence-corrected chi connectivity index (χ4v) is 4.80. The van der Waals surface area contributed by atoms with Crippen molar-refractivity contribution in [2.24, 2.45) is 0 Å². The maximum Gasteiger partial charge on any atom is 0.344 e. The average molecular weight is 497 g/mol. The van der Waals surface area contributed by atoms with Crippen molar-refractivity contribution in [2.75, 3.05) is 13.2 Å². The van der Waals surface area contributed by atoms with Gasteiger partial charge in [-0.2, -0.15) is 0 Å². The van der Waals surface area contributed by atoms with E-state index in [1.165, 1.54) is 0 Å². The van der Waals surface area contributed by atoms with Crippen LogP contribution in [0.3, 0.4) is 0 Å². The maximum absolute atomic E-state index is 12.3. The van der Waals surface area contributed by atoms with Crippen LogP contribution in [0.25, 0.3) is 22.6 Å². The van der Waals surface area contributed by atoms with Crippen LogP contribution in [-0.2, 0) is 27.3 Å². The molecule has 1 unspecified atom stereocenters. The van der Waals surface area contributed by atoms with Gasteiger partial charge in [-0.15, -0.1) is 0 Å². The molecular formula is C30H28N2O5. The van der Waals surface area contributed by atoms with Gasteiger partial charge < -0.3 is 18.8 Å². The van der Waals surface area contributed by atoms with Crippen molar-refractivity contribution in [1.82, 2.24) is 9.88 Å². The van der Waals surface area contributed by atoms with Crippen molar-refractivity contribution < 1.29 is 23.5 Å². The molecule has 188 valence electrons. The molecule has 1 aliphatic carbocycles. The van der Waals surface area contributed by atoms with Crippen LogP contribution in [0.2, 0.25) is 0 Å². The number of esters is 1. The topological polar surface area (TPSA) is 81.9 Å². The predicted molar refractivity (Wildman–Crippen MR) is 139 cm³/mol. The third-order valence-corrected chi connectivity index (χ3v) is 6.46. The Morgan fingerprint density at radius 3 is 2.46 bits per heavy atom. The molecule has 4 aromatic rings. The molecule has 3 aromatic carbocycles. The van der Waals surface area contributed by atoms with Gasteiger partial charge in [-0.3, -0.25) is 4.79 Å². The first-order valence-corrected chi connectivity index (χ1v) is 12.4. The molecule has 1 heterocycles. The highest BCUT2D eigenvalue weighted by Crippen LogP contribution is 2.41. The normalized spacial score (nSPS) is 14.1. The molecule has 5 rings (SSSR count). The van der Waals surface area contributed by atoms with Crippen LogP contribution in [0.4, 0.5) is 0 Å². The zero-order valence-corrected chi connectivity index (χ0v) is 20.6. The summed E-state index contributed by atoms with van der Waals surface area (Å²) in [5.41, 5.74) is 4.63. The largest absolute Gasteiger partial charge is 0.482 e. The molecule has 1 aromatic heterocycles. The van der Waals surface area contributed by atoms with Crippen molar-refractivity contribution in [3.05, 3.63) is 95.9 Å². The second-order valence-electron chi connectivity index (χ2n) is 8.77. The van der Waals surface area contributed by atoms with E-state index in [4.69, 9.17) is 18.9 Å². The monoisotopic (exact) mass is 496 g/mol. The number of carbonyl (C=O) groups is 2. The van der Waals surface area contributed by atoms with Crippen LogP contribution in [0.15, 0.2) is 83.3 Å². The van der Waals surface area contributed by atoms with Gasteiger partial charge in [0.25, 0.3) is 0 Å². The fourth-order valence-electron chi connectivity index (χ4n) is 4.80. The van der Waals surface area contributed by atoms with E-state index in [9.17, 15) is 9.59 Å². The molecule has 0 fully saturated rings. The first kappa shape index (κ1) is 24.3. The van der Waals surface area contributed by atoms with E-state index in [0.29, 0.717) is 24.0 Å². The Morgan fingerprint density at radius 2 is 1.76 bits per heavy atom. The average Bonchev–Trinajstić information content (AvgIpc) is 3.57. The van der Waals surface area contributed by atoms with Crippen molar-refractivity contribution in [1.29, 1.82) is 0 Å². The number of oxazole rings is 1. The summed E-state index contributed by atoms with van der Waals surface area (Å²) in [6.07, 6.45) is 2.32. The van der Waals surface area contributed by atoms with E-state index in [-0.39, 0.29) is 19.2 Å². The van der Waals surface area contributed by atoms with E-state index >= 15 is 0 Å². The highest BCUT2D eigenvalue weighted by molar-refractivity contribution is 5.76. The summed E-state index contributed by atoms with van der Waals surface area (Å²) in [6.45, 7) is 2.15. The van der Waals surface area contributed by atoms with Gasteiger partial charge in [-0.05, 0) is 37.0 Å². The quantitative estimate of drug-likeness (QED) is 0.210. The molecular weight excluding hydrogens is 468 g/mol. The van der Waals surface area contributed by atoms with Crippen LogP contribution in [-0.4, -0.2) is 35.5 Å². The SMILES string of the molecule is CCOC(=O)COc1cccc2c1CCC2N(C=O)Cc1nc(-c2ccccc2)c(-c2ccccc2)o1. The highest BCUT2D eigenvalue weighted by Gasteiger charge is 2.31. The number of nitrogens with zero attached hydrogens (tertiary/aromatic N) is 2. The Balaban J connectivity index is 1.41. The third kappa shape index (κ3) is 5.26. The minimum Gasteiger partial charge on any atom is -0.482 e. The number of fused-ring (bicyclic) bond motifs is 1. The summed E-state index contributed by atoms with van der Waals surface area (Å²) in [5, 5.41) is 0. The zero-order valence-electron chi connectivity index (χ0n) is 20.6. The molecule has 7 nitrogen and oxygen atoms in total. The second kappa shape index (κ2) is 11.1. The van der Waals surface area contributed by atoms with Crippen LogP contribution < -0.4 is 4.74 Å². The molecule has 0 saturated carbocycles. The summed E-state index contributed by atoms with van der Waals surface area (Å²) in [4.78, 5) is 30.6. The van der Waals surface area contributed by atoms with E-state index < -0.39 is 5.97 Å². The molecule has 1 aliphatic rings. The summed E-state index contributed by atoms with van der Waals surface area (Å²) in [6, 6.07) is 25.3. The molecule has 0 saturated heterocycles. The maximum atomic E-state index is 12.3. The number of amides is 1. The molecule has 0 aliphatic heterocycles. The highest BCUT2D eigenvalue weighted by atomic mass is 16.6. The Hall–Kier alpha value is -4.39. The molecule has 0 bridgehead atoms. The number of carbonyl (C=O) groups excluding carboxylic acids is 2. The molecule has 0 N–H and O–H groups in total. The zero-order chi connectivity index (χ0) is 25.6. The minimum absolute atomic E-state index is 0.146. The lowest BCUT2D eigenvalue weighted by molar-refractivity contribution is -0.145. The molecule has 1 amide bonds. The minimum atomic E-state index is -0.406. The molecule has 1 atom stereocenters. The van der Waals surface area contributed by atoms with Crippen LogP contribution in [0, 0.1) is 0 Å². The Kier molecular flexibility index (Phi) is 7.31. The lowest BCUT2D eigenvalue weighted by atomic mass is 10.1. The first-order valence-electron chi connectivity index (χ1n) is 12.4. The van der Waals surface area contributed by atoms with Gasteiger partial charge in [0.15, 0.2) is 12.4 Å². The summed E-state index contributed by atoms with van der Waals surface area (Å²) in [7, 11) is 0. The van der Waals surface area contributed by atoms with Gasteiger partial charge >= 0.3 is 5.97 Å². The van der Waals surface area contributed by atoms with Crippen molar-refractivity contribution in [3.8, 4) is 28.3 Å². The summed E-state index contributed by atoms with van der Waals surface area (Å²) < 4.78 is 17.0. The number of aromatic nitrogens is 1. The van der Waals surface area contributed by atoms with Crippen LogP contribution >= 0.6 is 0 Å². The van der Waals surface area contributed by atoms with Gasteiger partial charge in [0.05, 0.1) is 19.2 Å². The van der Waals surface area contributed by atoms with Crippen molar-refractivity contribution >= 4 is 12.4 Å². The molecule has 37 heavy (non-hydrogen) atoms. The number of hydrogen-bond donors (Lipinski definition) is 0. The Bertz CT molecular complexity index is 1310. The predicted octanol–water partition coefficient (Wildman–Crippen LogP) is 5.60. The van der Waals surface area contributed by atoms with E-state index in [1.54, 1.807) is 11.8 Å². The van der Waals surface area contributed by atoms with Gasteiger partial charge in [0, 0.05) is 11.1 Å². The lowest BCUT2D eigenvalue weighted by Gasteiger charge is -2.24. The second-order valence-corrected chi connectivity index (χ2v) is 8.77. The van der Waals surface area contributed by atoms with Crippen molar-refractivity contribution in [2.45, 2.75) is 32.4 Å². The first-order chi connectivity index (χ1) is 18.2. The number of benzene rings is 3. The standard InChI is InChI=1S/C30H28N2O5/c1-2-35-28(34)19-36-26-15-9-14-23-24(26)16-17-25(23)32(20-33)18-27-31-29(21-10-5-3-6-11-21)30(37-27)22-12-7-4-8-13-22/h3-15,20,25H,2,16-19H2,1H3. The van der Waals surface area contributed by atoms with E-state index in [2.05, 4.69) is 0 Å². The number of rotatable bonds is 10. The Morgan fingerprint density at radius 1 is 1.03 bits per heavy atom. The molecule has 0 spiro atoms. The summed E-state index contributed by atoms with van der Waals surface area (Å²) >= 11 is 0. The number of ether oxygens (including phenoxy) is 2. The van der Waals surface area contributed by atoms with Gasteiger partial charge in [-0.1, -0.05) is 72.8 Å². The summed E-state index contributed by atoms with van der Waals surface area (Å²) in [5.74, 6) is 1.38. The third-order valence-electron chi connectivity index (χ3n) is 6.46. The van der Waals surface area contributed by atoms with Crippen molar-refractivity contribution in [3.63, 3.8) is 0 Å². The van der Waals surface area contributed by atoms with Gasteiger partial charge in [0.2, 0.25) is 12.3 Å². The fraction of sp³-hybridized carbons (Fsp3) is 0.233. The smallest absolute Gasteiger partial charge is 0.344 e. The molecule has 7 heteroatoms. The van der Waals surface area contributed by atoms with E-state index in [0.717, 1.165) is 47.2 Å². The van der Waals surface area contributed by atoms with Gasteiger partial charge in [0.1, 0.15) is 11.4 Å². The van der Waals surface area contributed by atoms with Crippen LogP contribution in [0.1, 0.15) is 36.4 Å². The van der Waals surface area contributed by atoms with E-state index in [1.807, 2.05) is 78.9 Å².